The van der Waals surface area contributed by atoms with Crippen molar-refractivity contribution >= 4 is 23.2 Å². The van der Waals surface area contributed by atoms with Gasteiger partial charge in [-0.2, -0.15) is 0 Å². The summed E-state index contributed by atoms with van der Waals surface area (Å²) in [6, 6.07) is 0. The molecule has 0 saturated carbocycles. The number of nitrogens with one attached hydrogen (secondary N) is 2. The molecular formula is C12H17N5OS. The van der Waals surface area contributed by atoms with Crippen molar-refractivity contribution in [3.63, 3.8) is 0 Å². The zero-order valence-corrected chi connectivity index (χ0v) is 11.6. The van der Waals surface area contributed by atoms with E-state index in [1.54, 1.807) is 0 Å². The van der Waals surface area contributed by atoms with Crippen LogP contribution >= 0.6 is 12.2 Å². The van der Waals surface area contributed by atoms with Gasteiger partial charge >= 0.3 is 0 Å². The van der Waals surface area contributed by atoms with Crippen LogP contribution in [-0.2, 0) is 0 Å². The molecule has 0 bridgehead atoms. The molecule has 0 aliphatic carbocycles. The molecule has 1 aromatic heterocycles. The van der Waals surface area contributed by atoms with Crippen LogP contribution in [0.4, 0.5) is 0 Å². The van der Waals surface area contributed by atoms with Crippen LogP contribution in [-0.4, -0.2) is 39.0 Å². The molecule has 0 unspecified atom stereocenters. The highest BCUT2D eigenvalue weighted by atomic mass is 32.1. The van der Waals surface area contributed by atoms with Gasteiger partial charge in [0.05, 0.1) is 6.20 Å². The number of amides is 1. The Morgan fingerprint density at radius 2 is 2.11 bits per heavy atom. The van der Waals surface area contributed by atoms with Crippen molar-refractivity contribution in [2.45, 2.75) is 19.8 Å². The largest absolute Gasteiger partial charge is 0.348 e. The summed E-state index contributed by atoms with van der Waals surface area (Å²) in [5.41, 5.74) is 5.54. The molecule has 6 nitrogen and oxygen atoms in total. The molecule has 0 aromatic carbocycles. The first-order valence-corrected chi connectivity index (χ1v) is 6.69. The second kappa shape index (κ2) is 6.42. The Kier molecular flexibility index (Phi) is 4.62. The summed E-state index contributed by atoms with van der Waals surface area (Å²) in [6.07, 6.45) is 6.64. The van der Waals surface area contributed by atoms with E-state index in [0.717, 1.165) is 31.8 Å². The van der Waals surface area contributed by atoms with E-state index in [9.17, 15) is 4.79 Å². The monoisotopic (exact) mass is 279 g/mol. The van der Waals surface area contributed by atoms with E-state index in [0.29, 0.717) is 5.11 Å². The maximum Gasteiger partial charge on any atom is 0.289 e. The molecule has 1 aliphatic rings. The Bertz CT molecular complexity index is 445. The van der Waals surface area contributed by atoms with Crippen LogP contribution in [0, 0.1) is 5.92 Å². The summed E-state index contributed by atoms with van der Waals surface area (Å²) >= 11 is 5.25. The van der Waals surface area contributed by atoms with Gasteiger partial charge in [0.1, 0.15) is 5.69 Å². The predicted molar refractivity (Wildman–Crippen MR) is 75.2 cm³/mol. The Balaban J connectivity index is 1.79. The number of hydrogen-bond acceptors (Lipinski definition) is 4. The van der Waals surface area contributed by atoms with Crippen LogP contribution in [0.2, 0.25) is 0 Å². The van der Waals surface area contributed by atoms with Gasteiger partial charge < -0.3 is 4.90 Å². The first kappa shape index (κ1) is 13.7. The number of carbonyl (C=O) groups is 1. The summed E-state index contributed by atoms with van der Waals surface area (Å²) < 4.78 is 0. The van der Waals surface area contributed by atoms with E-state index in [2.05, 4.69) is 32.6 Å². The van der Waals surface area contributed by atoms with Crippen molar-refractivity contribution in [1.82, 2.24) is 25.7 Å². The van der Waals surface area contributed by atoms with E-state index < -0.39 is 0 Å². The maximum atomic E-state index is 11.7. The second-order valence-electron chi connectivity index (χ2n) is 4.64. The number of carbonyl (C=O) groups excluding carboxylic acids is 1. The number of likely N-dealkylation sites (tertiary alicyclic amines) is 1. The highest BCUT2D eigenvalue weighted by molar-refractivity contribution is 7.80. The fourth-order valence-corrected chi connectivity index (χ4v) is 2.11. The van der Waals surface area contributed by atoms with Gasteiger partial charge in [-0.15, -0.1) is 0 Å². The zero-order chi connectivity index (χ0) is 13.7. The third-order valence-electron chi connectivity index (χ3n) is 3.15. The van der Waals surface area contributed by atoms with E-state index in [1.165, 1.54) is 18.6 Å². The summed E-state index contributed by atoms with van der Waals surface area (Å²) in [7, 11) is 0. The van der Waals surface area contributed by atoms with E-state index >= 15 is 0 Å². The molecule has 0 atom stereocenters. The molecule has 1 fully saturated rings. The average molecular weight is 279 g/mol. The summed E-state index contributed by atoms with van der Waals surface area (Å²) in [4.78, 5) is 21.5. The lowest BCUT2D eigenvalue weighted by Gasteiger charge is -2.32. The average Bonchev–Trinajstić information content (AvgIpc) is 2.46. The zero-order valence-electron chi connectivity index (χ0n) is 10.8. The van der Waals surface area contributed by atoms with Crippen LogP contribution in [0.15, 0.2) is 18.6 Å². The third-order valence-corrected chi connectivity index (χ3v) is 3.51. The molecule has 0 radical (unpaired) electrons. The minimum atomic E-state index is -0.346. The molecule has 2 heterocycles. The molecule has 1 aromatic rings. The smallest absolute Gasteiger partial charge is 0.289 e. The topological polar surface area (TPSA) is 70.2 Å². The quantitative estimate of drug-likeness (QED) is 0.583. The Morgan fingerprint density at radius 3 is 2.74 bits per heavy atom. The van der Waals surface area contributed by atoms with Crippen molar-refractivity contribution in [2.75, 3.05) is 13.1 Å². The van der Waals surface area contributed by atoms with Crippen molar-refractivity contribution in [3.05, 3.63) is 24.3 Å². The van der Waals surface area contributed by atoms with Gasteiger partial charge in [0.2, 0.25) is 0 Å². The summed E-state index contributed by atoms with van der Waals surface area (Å²) in [5, 5.41) is 0.546. The van der Waals surface area contributed by atoms with Crippen LogP contribution in [0.5, 0.6) is 0 Å². The van der Waals surface area contributed by atoms with Crippen molar-refractivity contribution < 1.29 is 4.79 Å². The van der Waals surface area contributed by atoms with E-state index in [-0.39, 0.29) is 11.6 Å². The molecule has 2 N–H and O–H groups in total. The highest BCUT2D eigenvalue weighted by Gasteiger charge is 2.18. The molecule has 7 heteroatoms. The lowest BCUT2D eigenvalue weighted by Crippen LogP contribution is -2.50. The minimum absolute atomic E-state index is 0.255. The molecule has 0 spiro atoms. The molecular weight excluding hydrogens is 262 g/mol. The standard InChI is InChI=1S/C12H17N5OS/c1-9-2-6-17(7-3-9)12(19)16-15-11(18)10-8-13-4-5-14-10/h4-5,8-9H,2-3,6-7H2,1H3,(H,15,18)(H,16,19). The molecule has 1 aliphatic heterocycles. The molecule has 1 saturated heterocycles. The SMILES string of the molecule is CC1CCN(C(=S)NNC(=O)c2cnccn2)CC1. The Hall–Kier alpha value is -1.76. The van der Waals surface area contributed by atoms with Crippen LogP contribution in [0.3, 0.4) is 0 Å². The van der Waals surface area contributed by atoms with Crippen LogP contribution in [0.25, 0.3) is 0 Å². The maximum absolute atomic E-state index is 11.7. The lowest BCUT2D eigenvalue weighted by atomic mass is 10.00. The fraction of sp³-hybridized carbons (Fsp3) is 0.500. The van der Waals surface area contributed by atoms with Crippen molar-refractivity contribution in [1.29, 1.82) is 0 Å². The molecule has 102 valence electrons. The van der Waals surface area contributed by atoms with Crippen molar-refractivity contribution in [2.24, 2.45) is 5.92 Å². The first-order chi connectivity index (χ1) is 9.16. The predicted octanol–water partition coefficient (Wildman–Crippen LogP) is 0.728. The summed E-state index contributed by atoms with van der Waals surface area (Å²) in [5.74, 6) is 0.397. The number of aromatic nitrogens is 2. The minimum Gasteiger partial charge on any atom is -0.348 e. The van der Waals surface area contributed by atoms with E-state index in [1.807, 2.05) is 0 Å². The molecule has 19 heavy (non-hydrogen) atoms. The third kappa shape index (κ3) is 3.85. The first-order valence-electron chi connectivity index (χ1n) is 6.28. The van der Waals surface area contributed by atoms with Crippen molar-refractivity contribution in [3.8, 4) is 0 Å². The number of nitrogens with zero attached hydrogens (tertiary/aromatic N) is 3. The number of hydrazine groups is 1. The van der Waals surface area contributed by atoms with Gasteiger partial charge in [-0.1, -0.05) is 6.92 Å². The van der Waals surface area contributed by atoms with Crippen LogP contribution in [0.1, 0.15) is 30.3 Å². The summed E-state index contributed by atoms with van der Waals surface area (Å²) in [6.45, 7) is 4.09. The van der Waals surface area contributed by atoms with Crippen LogP contribution < -0.4 is 10.9 Å². The van der Waals surface area contributed by atoms with Gasteiger partial charge in [-0.05, 0) is 31.0 Å². The Labute approximate surface area is 117 Å². The highest BCUT2D eigenvalue weighted by Crippen LogP contribution is 2.15. The molecule has 2 rings (SSSR count). The number of hydrogen-bond donors (Lipinski definition) is 2. The lowest BCUT2D eigenvalue weighted by molar-refractivity contribution is 0.0936. The fourth-order valence-electron chi connectivity index (χ4n) is 1.88. The van der Waals surface area contributed by atoms with E-state index in [4.69, 9.17) is 12.2 Å². The number of rotatable bonds is 1. The van der Waals surface area contributed by atoms with Gasteiger partial charge in [-0.25, -0.2) is 4.98 Å². The second-order valence-corrected chi connectivity index (χ2v) is 5.03. The van der Waals surface area contributed by atoms with Gasteiger partial charge in [0, 0.05) is 25.5 Å². The number of thiocarbonyl (C=S) groups is 1. The normalized spacial score (nSPS) is 15.9. The van der Waals surface area contributed by atoms with Gasteiger partial charge in [0.15, 0.2) is 5.11 Å². The molecule has 1 amide bonds. The Morgan fingerprint density at radius 1 is 1.37 bits per heavy atom. The van der Waals surface area contributed by atoms with Gasteiger partial charge in [-0.3, -0.25) is 20.6 Å². The van der Waals surface area contributed by atoms with Gasteiger partial charge in [0.25, 0.3) is 5.91 Å². The number of piperidine rings is 1.